The van der Waals surface area contributed by atoms with Crippen molar-refractivity contribution >= 4 is 11.8 Å². The Hall–Kier alpha value is -2.21. The van der Waals surface area contributed by atoms with E-state index in [1.165, 1.54) is 24.8 Å². The van der Waals surface area contributed by atoms with E-state index in [-0.39, 0.29) is 0 Å². The first-order valence-electron chi connectivity index (χ1n) is 8.56. The molecule has 128 valence electrons. The summed E-state index contributed by atoms with van der Waals surface area (Å²) in [7, 11) is 1.68. The second-order valence-electron chi connectivity index (χ2n) is 6.18. The Morgan fingerprint density at radius 1 is 1.21 bits per heavy atom. The predicted octanol–water partition coefficient (Wildman–Crippen LogP) is 2.39. The molecule has 0 aliphatic carbocycles. The van der Waals surface area contributed by atoms with Crippen LogP contribution >= 0.6 is 0 Å². The number of ether oxygens (including phenoxy) is 1. The van der Waals surface area contributed by atoms with Gasteiger partial charge in [-0.3, -0.25) is 0 Å². The number of hydrogen-bond acceptors (Lipinski definition) is 6. The van der Waals surface area contributed by atoms with E-state index in [0.717, 1.165) is 24.8 Å². The van der Waals surface area contributed by atoms with Crippen LogP contribution < -0.4 is 10.2 Å². The molecule has 24 heavy (non-hydrogen) atoms. The Labute approximate surface area is 143 Å². The number of methoxy groups -OCH3 is 1. The summed E-state index contributed by atoms with van der Waals surface area (Å²) in [4.78, 5) is 6.87. The summed E-state index contributed by atoms with van der Waals surface area (Å²) in [5.74, 6) is 2.22. The van der Waals surface area contributed by atoms with E-state index < -0.39 is 0 Å². The lowest BCUT2D eigenvalue weighted by Gasteiger charge is -2.32. The normalized spacial score (nSPS) is 15.5. The molecule has 6 heteroatoms. The van der Waals surface area contributed by atoms with Gasteiger partial charge in [-0.25, -0.2) is 0 Å². The predicted molar refractivity (Wildman–Crippen MR) is 95.3 cm³/mol. The fourth-order valence-electron chi connectivity index (χ4n) is 3.10. The molecule has 0 unspecified atom stereocenters. The highest BCUT2D eigenvalue weighted by Crippen LogP contribution is 2.24. The van der Waals surface area contributed by atoms with Gasteiger partial charge in [-0.2, -0.15) is 10.1 Å². The maximum Gasteiger partial charge on any atom is 0.244 e. The minimum Gasteiger partial charge on any atom is -0.383 e. The molecule has 1 aliphatic rings. The van der Waals surface area contributed by atoms with Crippen molar-refractivity contribution in [1.29, 1.82) is 0 Å². The second-order valence-corrected chi connectivity index (χ2v) is 6.18. The maximum absolute atomic E-state index is 5.02. The summed E-state index contributed by atoms with van der Waals surface area (Å²) >= 11 is 0. The van der Waals surface area contributed by atoms with Crippen LogP contribution in [0.5, 0.6) is 0 Å². The molecule has 1 N–H and O–H groups in total. The lowest BCUT2D eigenvalue weighted by molar-refractivity contribution is 0.210. The van der Waals surface area contributed by atoms with Crippen molar-refractivity contribution in [2.24, 2.45) is 5.92 Å². The highest BCUT2D eigenvalue weighted by molar-refractivity contribution is 5.40. The lowest BCUT2D eigenvalue weighted by atomic mass is 9.90. The van der Waals surface area contributed by atoms with Gasteiger partial charge >= 0.3 is 0 Å². The zero-order chi connectivity index (χ0) is 16.6. The van der Waals surface area contributed by atoms with Crippen LogP contribution in [-0.4, -0.2) is 48.5 Å². The summed E-state index contributed by atoms with van der Waals surface area (Å²) in [6.07, 6.45) is 5.29. The fraction of sp³-hybridized carbons (Fsp3) is 0.500. The SMILES string of the molecule is COCCNc1nncc(N2CCC(Cc3ccccc3)CC2)n1. The van der Waals surface area contributed by atoms with E-state index in [0.29, 0.717) is 19.1 Å². The monoisotopic (exact) mass is 327 g/mol. The summed E-state index contributed by atoms with van der Waals surface area (Å²) < 4.78 is 5.02. The van der Waals surface area contributed by atoms with E-state index in [1.807, 2.05) is 0 Å². The molecule has 0 spiro atoms. The third kappa shape index (κ3) is 4.64. The molecule has 1 fully saturated rings. The van der Waals surface area contributed by atoms with Gasteiger partial charge in [0.25, 0.3) is 0 Å². The number of rotatable bonds is 7. The first-order chi connectivity index (χ1) is 11.8. The number of nitrogens with zero attached hydrogens (tertiary/aromatic N) is 4. The Morgan fingerprint density at radius 2 is 2.00 bits per heavy atom. The van der Waals surface area contributed by atoms with Crippen molar-refractivity contribution < 1.29 is 4.74 Å². The summed E-state index contributed by atoms with van der Waals surface area (Å²) in [5.41, 5.74) is 1.43. The van der Waals surface area contributed by atoms with Gasteiger partial charge in [0.05, 0.1) is 12.8 Å². The molecule has 6 nitrogen and oxygen atoms in total. The first kappa shape index (κ1) is 16.6. The highest BCUT2D eigenvalue weighted by Gasteiger charge is 2.21. The van der Waals surface area contributed by atoms with Crippen LogP contribution in [0, 0.1) is 5.92 Å². The molecule has 1 aliphatic heterocycles. The molecule has 3 rings (SSSR count). The average Bonchev–Trinajstić information content (AvgIpc) is 2.64. The Balaban J connectivity index is 1.52. The van der Waals surface area contributed by atoms with Crippen LogP contribution in [0.25, 0.3) is 0 Å². The van der Waals surface area contributed by atoms with Gasteiger partial charge in [0.15, 0.2) is 5.82 Å². The molecule has 2 heterocycles. The first-order valence-corrected chi connectivity index (χ1v) is 8.56. The molecular formula is C18H25N5O. The highest BCUT2D eigenvalue weighted by atomic mass is 16.5. The smallest absolute Gasteiger partial charge is 0.244 e. The number of benzene rings is 1. The van der Waals surface area contributed by atoms with Crippen molar-refractivity contribution in [3.8, 4) is 0 Å². The molecular weight excluding hydrogens is 302 g/mol. The van der Waals surface area contributed by atoms with Crippen molar-refractivity contribution in [1.82, 2.24) is 15.2 Å². The van der Waals surface area contributed by atoms with E-state index >= 15 is 0 Å². The van der Waals surface area contributed by atoms with E-state index in [2.05, 4.69) is 55.7 Å². The van der Waals surface area contributed by atoms with Crippen molar-refractivity contribution in [3.63, 3.8) is 0 Å². The number of piperidine rings is 1. The molecule has 0 bridgehead atoms. The summed E-state index contributed by atoms with van der Waals surface area (Å²) in [6, 6.07) is 10.8. The van der Waals surface area contributed by atoms with E-state index in [4.69, 9.17) is 4.74 Å². The molecule has 0 radical (unpaired) electrons. The van der Waals surface area contributed by atoms with Crippen molar-refractivity contribution in [3.05, 3.63) is 42.1 Å². The zero-order valence-electron chi connectivity index (χ0n) is 14.2. The van der Waals surface area contributed by atoms with Crippen LogP contribution in [0.3, 0.4) is 0 Å². The lowest BCUT2D eigenvalue weighted by Crippen LogP contribution is -2.35. The molecule has 1 saturated heterocycles. The topological polar surface area (TPSA) is 63.2 Å². The Morgan fingerprint density at radius 3 is 2.75 bits per heavy atom. The minimum absolute atomic E-state index is 0.566. The van der Waals surface area contributed by atoms with Crippen LogP contribution in [0.15, 0.2) is 36.5 Å². The standard InChI is InChI=1S/C18H25N5O/c1-24-12-9-19-18-21-17(14-20-22-18)23-10-7-16(8-11-23)13-15-5-3-2-4-6-15/h2-6,14,16H,7-13H2,1H3,(H,19,21,22). The summed E-state index contributed by atoms with van der Waals surface area (Å²) in [5, 5.41) is 11.2. The molecule has 0 saturated carbocycles. The van der Waals surface area contributed by atoms with Crippen molar-refractivity contribution in [2.75, 3.05) is 43.6 Å². The van der Waals surface area contributed by atoms with E-state index in [9.17, 15) is 0 Å². The minimum atomic E-state index is 0.566. The van der Waals surface area contributed by atoms with Gasteiger partial charge < -0.3 is 15.0 Å². The van der Waals surface area contributed by atoms with Gasteiger partial charge in [-0.05, 0) is 30.7 Å². The fourth-order valence-corrected chi connectivity index (χ4v) is 3.10. The third-order valence-corrected chi connectivity index (χ3v) is 4.44. The largest absolute Gasteiger partial charge is 0.383 e. The van der Waals surface area contributed by atoms with Gasteiger partial charge in [-0.1, -0.05) is 30.3 Å². The number of anilines is 2. The van der Waals surface area contributed by atoms with Crippen LogP contribution in [0.2, 0.25) is 0 Å². The van der Waals surface area contributed by atoms with Crippen molar-refractivity contribution in [2.45, 2.75) is 19.3 Å². The van der Waals surface area contributed by atoms with Crippen LogP contribution in [0.1, 0.15) is 18.4 Å². The van der Waals surface area contributed by atoms with Gasteiger partial charge in [-0.15, -0.1) is 5.10 Å². The van der Waals surface area contributed by atoms with E-state index in [1.54, 1.807) is 13.3 Å². The molecule has 0 amide bonds. The number of nitrogens with one attached hydrogen (secondary N) is 1. The van der Waals surface area contributed by atoms with Crippen LogP contribution in [0.4, 0.5) is 11.8 Å². The van der Waals surface area contributed by atoms with Gasteiger partial charge in [0.2, 0.25) is 5.95 Å². The molecule has 2 aromatic rings. The number of aromatic nitrogens is 3. The maximum atomic E-state index is 5.02. The van der Waals surface area contributed by atoms with Crippen LogP contribution in [-0.2, 0) is 11.2 Å². The average molecular weight is 327 g/mol. The quantitative estimate of drug-likeness (QED) is 0.788. The molecule has 1 aromatic carbocycles. The molecule has 0 atom stereocenters. The Bertz CT molecular complexity index is 614. The second kappa shape index (κ2) is 8.59. The Kier molecular flexibility index (Phi) is 5.96. The molecule has 1 aromatic heterocycles. The zero-order valence-corrected chi connectivity index (χ0v) is 14.2. The third-order valence-electron chi connectivity index (χ3n) is 4.44. The summed E-state index contributed by atoms with van der Waals surface area (Å²) in [6.45, 7) is 3.35. The van der Waals surface area contributed by atoms with Gasteiger partial charge in [0.1, 0.15) is 0 Å². The van der Waals surface area contributed by atoms with Gasteiger partial charge in [0, 0.05) is 26.7 Å². The number of hydrogen-bond donors (Lipinski definition) is 1.